The van der Waals surface area contributed by atoms with Crippen LogP contribution in [0.5, 0.6) is 0 Å². The van der Waals surface area contributed by atoms with Crippen LogP contribution in [0.3, 0.4) is 0 Å². The molecule has 1 amide bonds. The molecule has 0 aliphatic carbocycles. The van der Waals surface area contributed by atoms with Gasteiger partial charge in [-0.15, -0.1) is 0 Å². The topological polar surface area (TPSA) is 76.1 Å². The molecule has 1 unspecified atom stereocenters. The van der Waals surface area contributed by atoms with Gasteiger partial charge in [-0.25, -0.2) is 0 Å². The molecule has 0 saturated carbocycles. The van der Waals surface area contributed by atoms with Gasteiger partial charge in [0.2, 0.25) is 0 Å². The van der Waals surface area contributed by atoms with Crippen LogP contribution in [0.2, 0.25) is 0 Å². The molecule has 1 atom stereocenters. The van der Waals surface area contributed by atoms with Gasteiger partial charge in [0, 0.05) is 20.3 Å². The highest BCUT2D eigenvalue weighted by Crippen LogP contribution is 2.27. The molecule has 0 aromatic rings. The predicted molar refractivity (Wildman–Crippen MR) is 59.7 cm³/mol. The monoisotopic (exact) mass is 245 g/mol. The molecule has 1 aliphatic heterocycles. The average Bonchev–Trinajstić information content (AvgIpc) is 2.71. The molecular formula is C11H19NO5. The number of methoxy groups -OCH3 is 1. The number of carboxylic acids is 1. The molecule has 1 rings (SSSR count). The molecule has 6 heteroatoms. The molecule has 6 nitrogen and oxygen atoms in total. The van der Waals surface area contributed by atoms with E-state index in [0.717, 1.165) is 6.42 Å². The largest absolute Gasteiger partial charge is 0.480 e. The van der Waals surface area contributed by atoms with Crippen LogP contribution in [0.15, 0.2) is 0 Å². The Labute approximate surface area is 100 Å². The van der Waals surface area contributed by atoms with Crippen molar-refractivity contribution in [2.45, 2.75) is 25.4 Å². The maximum absolute atomic E-state index is 12.2. The van der Waals surface area contributed by atoms with Crippen LogP contribution in [-0.4, -0.2) is 60.9 Å². The van der Waals surface area contributed by atoms with Crippen molar-refractivity contribution in [1.82, 2.24) is 4.90 Å². The average molecular weight is 245 g/mol. The summed E-state index contributed by atoms with van der Waals surface area (Å²) in [6.45, 7) is 2.52. The van der Waals surface area contributed by atoms with Crippen LogP contribution < -0.4 is 0 Å². The highest BCUT2D eigenvalue weighted by Gasteiger charge is 2.40. The van der Waals surface area contributed by atoms with Gasteiger partial charge >= 0.3 is 5.97 Å². The molecule has 0 aromatic carbocycles. The van der Waals surface area contributed by atoms with Crippen LogP contribution in [0, 0.1) is 0 Å². The molecule has 0 spiro atoms. The Bertz CT molecular complexity index is 286. The van der Waals surface area contributed by atoms with Crippen molar-refractivity contribution in [3.05, 3.63) is 0 Å². The van der Waals surface area contributed by atoms with Gasteiger partial charge in [-0.2, -0.15) is 0 Å². The minimum absolute atomic E-state index is 0.264. The Morgan fingerprint density at radius 3 is 2.71 bits per heavy atom. The summed E-state index contributed by atoms with van der Waals surface area (Å²) in [5, 5.41) is 8.78. The van der Waals surface area contributed by atoms with Gasteiger partial charge in [-0.3, -0.25) is 9.59 Å². The Morgan fingerprint density at radius 2 is 2.24 bits per heavy atom. The summed E-state index contributed by atoms with van der Waals surface area (Å²) in [5.74, 6) is -1.30. The third-order valence-electron chi connectivity index (χ3n) is 2.85. The predicted octanol–water partition coefficient (Wildman–Crippen LogP) is 0.115. The van der Waals surface area contributed by atoms with Crippen LogP contribution >= 0.6 is 0 Å². The smallest absolute Gasteiger partial charge is 0.323 e. The summed E-state index contributed by atoms with van der Waals surface area (Å²) in [6, 6.07) is 0. The number of carbonyl (C=O) groups is 2. The molecular weight excluding hydrogens is 226 g/mol. The first-order chi connectivity index (χ1) is 7.99. The second-order valence-electron chi connectivity index (χ2n) is 4.30. The molecule has 17 heavy (non-hydrogen) atoms. The first-order valence-electron chi connectivity index (χ1n) is 5.63. The van der Waals surface area contributed by atoms with Crippen molar-refractivity contribution in [2.75, 3.05) is 33.4 Å². The lowest BCUT2D eigenvalue weighted by molar-refractivity contribution is -0.156. The van der Waals surface area contributed by atoms with Gasteiger partial charge in [0.25, 0.3) is 5.91 Å². The van der Waals surface area contributed by atoms with Crippen molar-refractivity contribution in [3.8, 4) is 0 Å². The van der Waals surface area contributed by atoms with E-state index in [1.807, 2.05) is 0 Å². The number of hydrogen-bond donors (Lipinski definition) is 1. The fraction of sp³-hybridized carbons (Fsp3) is 0.818. The highest BCUT2D eigenvalue weighted by molar-refractivity contribution is 5.88. The zero-order chi connectivity index (χ0) is 12.9. The van der Waals surface area contributed by atoms with E-state index in [2.05, 4.69) is 0 Å². The number of carbonyl (C=O) groups excluding carboxylic acids is 1. The summed E-state index contributed by atoms with van der Waals surface area (Å²) < 4.78 is 10.3. The fourth-order valence-electron chi connectivity index (χ4n) is 1.90. The Kier molecular flexibility index (Phi) is 4.89. The first-order valence-corrected chi connectivity index (χ1v) is 5.63. The summed E-state index contributed by atoms with van der Waals surface area (Å²) in [7, 11) is 1.51. The molecule has 0 bridgehead atoms. The van der Waals surface area contributed by atoms with E-state index < -0.39 is 11.6 Å². The van der Waals surface area contributed by atoms with E-state index in [4.69, 9.17) is 14.6 Å². The van der Waals surface area contributed by atoms with E-state index in [0.29, 0.717) is 19.6 Å². The summed E-state index contributed by atoms with van der Waals surface area (Å²) in [5.41, 5.74) is -0.872. The number of aliphatic carboxylic acids is 1. The van der Waals surface area contributed by atoms with Gasteiger partial charge in [0.15, 0.2) is 0 Å². The van der Waals surface area contributed by atoms with Gasteiger partial charge in [-0.1, -0.05) is 0 Å². The van der Waals surface area contributed by atoms with Crippen LogP contribution in [0.25, 0.3) is 0 Å². The number of amides is 1. The third-order valence-corrected chi connectivity index (χ3v) is 2.85. The molecule has 0 radical (unpaired) electrons. The number of hydrogen-bond acceptors (Lipinski definition) is 4. The quantitative estimate of drug-likeness (QED) is 0.719. The van der Waals surface area contributed by atoms with E-state index >= 15 is 0 Å². The minimum Gasteiger partial charge on any atom is -0.480 e. The Morgan fingerprint density at radius 1 is 1.53 bits per heavy atom. The van der Waals surface area contributed by atoms with Crippen molar-refractivity contribution in [3.63, 3.8) is 0 Å². The summed E-state index contributed by atoms with van der Waals surface area (Å²) in [4.78, 5) is 24.2. The fourth-order valence-corrected chi connectivity index (χ4v) is 1.90. The van der Waals surface area contributed by atoms with E-state index in [9.17, 15) is 9.59 Å². The van der Waals surface area contributed by atoms with Crippen molar-refractivity contribution in [1.29, 1.82) is 0 Å². The zero-order valence-electron chi connectivity index (χ0n) is 10.3. The second-order valence-corrected chi connectivity index (χ2v) is 4.30. The van der Waals surface area contributed by atoms with Gasteiger partial charge in [-0.05, 0) is 19.8 Å². The SMILES string of the molecule is COCCN(CC(=O)O)C(=O)C1(C)CCCO1. The summed E-state index contributed by atoms with van der Waals surface area (Å²) in [6.07, 6.45) is 1.46. The second kappa shape index (κ2) is 5.97. The molecule has 1 fully saturated rings. The third kappa shape index (κ3) is 3.67. The number of carboxylic acid groups (broad SMARTS) is 1. The van der Waals surface area contributed by atoms with Crippen LogP contribution in [0.1, 0.15) is 19.8 Å². The van der Waals surface area contributed by atoms with Crippen molar-refractivity contribution in [2.24, 2.45) is 0 Å². The van der Waals surface area contributed by atoms with E-state index in [1.54, 1.807) is 6.92 Å². The lowest BCUT2D eigenvalue weighted by Crippen LogP contribution is -2.49. The lowest BCUT2D eigenvalue weighted by Gasteiger charge is -2.29. The van der Waals surface area contributed by atoms with E-state index in [1.165, 1.54) is 12.0 Å². The molecule has 0 aromatic heterocycles. The molecule has 1 N–H and O–H groups in total. The van der Waals surface area contributed by atoms with Crippen LogP contribution in [0.4, 0.5) is 0 Å². The standard InChI is InChI=1S/C11H19NO5/c1-11(4-3-6-17-11)10(15)12(5-7-16-2)8-9(13)14/h3-8H2,1-2H3,(H,13,14). The Balaban J connectivity index is 2.67. The molecule has 1 heterocycles. The maximum atomic E-state index is 12.2. The van der Waals surface area contributed by atoms with Crippen molar-refractivity contribution < 1.29 is 24.2 Å². The number of rotatable bonds is 6. The van der Waals surface area contributed by atoms with Gasteiger partial charge in [0.1, 0.15) is 12.1 Å². The first kappa shape index (κ1) is 13.9. The molecule has 1 saturated heterocycles. The highest BCUT2D eigenvalue weighted by atomic mass is 16.5. The minimum atomic E-state index is -1.03. The normalized spacial score (nSPS) is 23.6. The van der Waals surface area contributed by atoms with Gasteiger partial charge < -0.3 is 19.5 Å². The van der Waals surface area contributed by atoms with Gasteiger partial charge in [0.05, 0.1) is 6.61 Å². The Hall–Kier alpha value is -1.14. The van der Waals surface area contributed by atoms with Crippen LogP contribution in [-0.2, 0) is 19.1 Å². The summed E-state index contributed by atoms with van der Waals surface area (Å²) >= 11 is 0. The number of ether oxygens (including phenoxy) is 2. The zero-order valence-corrected chi connectivity index (χ0v) is 10.3. The molecule has 98 valence electrons. The van der Waals surface area contributed by atoms with E-state index in [-0.39, 0.29) is 19.0 Å². The van der Waals surface area contributed by atoms with Crippen molar-refractivity contribution >= 4 is 11.9 Å². The lowest BCUT2D eigenvalue weighted by atomic mass is 10.0. The number of nitrogens with zero attached hydrogens (tertiary/aromatic N) is 1. The molecule has 1 aliphatic rings. The maximum Gasteiger partial charge on any atom is 0.323 e.